The molecular weight excluding hydrogens is 256 g/mol. The highest BCUT2D eigenvalue weighted by molar-refractivity contribution is 7.16. The van der Waals surface area contributed by atoms with E-state index in [1.165, 1.54) is 18.2 Å². The maximum atomic E-state index is 4.75. The second kappa shape index (κ2) is 5.33. The number of aromatic nitrogens is 2. The largest absolute Gasteiger partial charge is 0.354 e. The molecule has 0 amide bonds. The number of hydrogen-bond donors (Lipinski definition) is 1. The molecule has 0 spiro atoms. The molecule has 0 atom stereocenters. The Hall–Kier alpha value is -1.36. The van der Waals surface area contributed by atoms with Crippen LogP contribution in [0.25, 0.3) is 10.2 Å². The Morgan fingerprint density at radius 3 is 2.89 bits per heavy atom. The normalized spacial score (nSPS) is 14.8. The average molecular weight is 276 g/mol. The van der Waals surface area contributed by atoms with Gasteiger partial charge in [0.05, 0.1) is 5.39 Å². The Kier molecular flexibility index (Phi) is 3.55. The van der Waals surface area contributed by atoms with Crippen LogP contribution in [0.2, 0.25) is 0 Å². The molecule has 0 aromatic carbocycles. The summed E-state index contributed by atoms with van der Waals surface area (Å²) < 4.78 is 0. The SMILES string of the molecule is CCCN(c1nc(NCC)nc2sccc12)C1CC1. The summed E-state index contributed by atoms with van der Waals surface area (Å²) in [6.07, 6.45) is 3.75. The number of anilines is 2. The lowest BCUT2D eigenvalue weighted by Gasteiger charge is -2.24. The number of rotatable bonds is 6. The molecule has 1 aliphatic rings. The number of thiophene rings is 1. The molecule has 2 heterocycles. The molecule has 19 heavy (non-hydrogen) atoms. The minimum atomic E-state index is 0.687. The van der Waals surface area contributed by atoms with Crippen LogP contribution in [0.3, 0.4) is 0 Å². The summed E-state index contributed by atoms with van der Waals surface area (Å²) >= 11 is 1.69. The van der Waals surface area contributed by atoms with Crippen molar-refractivity contribution in [2.75, 3.05) is 23.3 Å². The second-order valence-corrected chi connectivity index (χ2v) is 5.86. The molecule has 2 aromatic heterocycles. The van der Waals surface area contributed by atoms with Crippen LogP contribution in [0.1, 0.15) is 33.1 Å². The Morgan fingerprint density at radius 1 is 1.37 bits per heavy atom. The van der Waals surface area contributed by atoms with E-state index >= 15 is 0 Å². The molecule has 102 valence electrons. The lowest BCUT2D eigenvalue weighted by Crippen LogP contribution is -2.28. The van der Waals surface area contributed by atoms with E-state index in [9.17, 15) is 0 Å². The topological polar surface area (TPSA) is 41.1 Å². The van der Waals surface area contributed by atoms with E-state index in [-0.39, 0.29) is 0 Å². The van der Waals surface area contributed by atoms with Gasteiger partial charge in [-0.25, -0.2) is 4.98 Å². The van der Waals surface area contributed by atoms with E-state index in [1.54, 1.807) is 11.3 Å². The smallest absolute Gasteiger partial charge is 0.226 e. The molecule has 0 saturated heterocycles. The third-order valence-electron chi connectivity index (χ3n) is 3.36. The number of nitrogens with zero attached hydrogens (tertiary/aromatic N) is 3. The van der Waals surface area contributed by atoms with Crippen LogP contribution < -0.4 is 10.2 Å². The highest BCUT2D eigenvalue weighted by atomic mass is 32.1. The standard InChI is InChI=1S/C14H20N4S/c1-3-8-18(10-5-6-10)12-11-7-9-19-13(11)17-14(16-12)15-4-2/h7,9-10H,3-6,8H2,1-2H3,(H,15,16,17). The van der Waals surface area contributed by atoms with Crippen LogP contribution in [0.5, 0.6) is 0 Å². The van der Waals surface area contributed by atoms with E-state index in [4.69, 9.17) is 4.98 Å². The molecule has 5 heteroatoms. The maximum Gasteiger partial charge on any atom is 0.226 e. The van der Waals surface area contributed by atoms with Crippen LogP contribution in [0.4, 0.5) is 11.8 Å². The highest BCUT2D eigenvalue weighted by Gasteiger charge is 2.31. The summed E-state index contributed by atoms with van der Waals surface area (Å²) in [6.45, 7) is 6.24. The molecule has 1 fully saturated rings. The van der Waals surface area contributed by atoms with Gasteiger partial charge < -0.3 is 10.2 Å². The van der Waals surface area contributed by atoms with E-state index in [1.807, 2.05) is 0 Å². The quantitative estimate of drug-likeness (QED) is 0.876. The Morgan fingerprint density at radius 2 is 2.21 bits per heavy atom. The van der Waals surface area contributed by atoms with Gasteiger partial charge >= 0.3 is 0 Å². The summed E-state index contributed by atoms with van der Waals surface area (Å²) in [7, 11) is 0. The van der Waals surface area contributed by atoms with Crippen molar-refractivity contribution in [1.29, 1.82) is 0 Å². The van der Waals surface area contributed by atoms with Crippen molar-refractivity contribution in [2.24, 2.45) is 0 Å². The fourth-order valence-corrected chi connectivity index (χ4v) is 3.14. The summed E-state index contributed by atoms with van der Waals surface area (Å²) in [4.78, 5) is 12.9. The number of hydrogen-bond acceptors (Lipinski definition) is 5. The Labute approximate surface area is 117 Å². The van der Waals surface area contributed by atoms with E-state index in [2.05, 4.69) is 40.5 Å². The third-order valence-corrected chi connectivity index (χ3v) is 4.17. The molecule has 0 aliphatic heterocycles. The van der Waals surface area contributed by atoms with E-state index in [0.29, 0.717) is 6.04 Å². The molecule has 4 nitrogen and oxygen atoms in total. The van der Waals surface area contributed by atoms with Crippen molar-refractivity contribution in [1.82, 2.24) is 9.97 Å². The van der Waals surface area contributed by atoms with Gasteiger partial charge in [-0.3, -0.25) is 0 Å². The molecule has 1 saturated carbocycles. The minimum absolute atomic E-state index is 0.687. The van der Waals surface area contributed by atoms with Gasteiger partial charge in [0.2, 0.25) is 5.95 Å². The van der Waals surface area contributed by atoms with E-state index < -0.39 is 0 Å². The highest BCUT2D eigenvalue weighted by Crippen LogP contribution is 2.36. The van der Waals surface area contributed by atoms with Gasteiger partial charge in [0, 0.05) is 19.1 Å². The summed E-state index contributed by atoms with van der Waals surface area (Å²) in [5.74, 6) is 1.88. The average Bonchev–Trinajstić information content (AvgIpc) is 3.13. The molecular formula is C14H20N4S. The zero-order valence-corrected chi connectivity index (χ0v) is 12.3. The molecule has 0 radical (unpaired) electrons. The van der Waals surface area contributed by atoms with Crippen molar-refractivity contribution >= 4 is 33.3 Å². The summed E-state index contributed by atoms with van der Waals surface area (Å²) in [5.41, 5.74) is 0. The van der Waals surface area contributed by atoms with Gasteiger partial charge in [-0.2, -0.15) is 4.98 Å². The Balaban J connectivity index is 2.05. The van der Waals surface area contributed by atoms with Crippen LogP contribution in [-0.4, -0.2) is 29.1 Å². The zero-order chi connectivity index (χ0) is 13.2. The second-order valence-electron chi connectivity index (χ2n) is 4.97. The first kappa shape index (κ1) is 12.7. The Bertz CT molecular complexity index is 562. The van der Waals surface area contributed by atoms with Gasteiger partial charge in [-0.15, -0.1) is 11.3 Å². The predicted octanol–water partition coefficient (Wildman–Crippen LogP) is 3.50. The monoisotopic (exact) mass is 276 g/mol. The van der Waals surface area contributed by atoms with Crippen LogP contribution in [0, 0.1) is 0 Å². The molecule has 2 aromatic rings. The van der Waals surface area contributed by atoms with Gasteiger partial charge in [0.25, 0.3) is 0 Å². The van der Waals surface area contributed by atoms with Crippen LogP contribution >= 0.6 is 11.3 Å². The van der Waals surface area contributed by atoms with Crippen molar-refractivity contribution in [3.63, 3.8) is 0 Å². The maximum absolute atomic E-state index is 4.75. The van der Waals surface area contributed by atoms with Crippen molar-refractivity contribution in [2.45, 2.75) is 39.2 Å². The van der Waals surface area contributed by atoms with Gasteiger partial charge in [0.15, 0.2) is 0 Å². The van der Waals surface area contributed by atoms with Crippen LogP contribution in [-0.2, 0) is 0 Å². The fourth-order valence-electron chi connectivity index (χ4n) is 2.38. The predicted molar refractivity (Wildman–Crippen MR) is 82.2 cm³/mol. The summed E-state index contributed by atoms with van der Waals surface area (Å²) in [5, 5.41) is 6.55. The van der Waals surface area contributed by atoms with Crippen molar-refractivity contribution in [3.8, 4) is 0 Å². The van der Waals surface area contributed by atoms with E-state index in [0.717, 1.165) is 36.1 Å². The number of nitrogens with one attached hydrogen (secondary N) is 1. The van der Waals surface area contributed by atoms with Gasteiger partial charge in [0.1, 0.15) is 10.6 Å². The van der Waals surface area contributed by atoms with Crippen molar-refractivity contribution < 1.29 is 0 Å². The lowest BCUT2D eigenvalue weighted by molar-refractivity contribution is 0.753. The first-order valence-electron chi connectivity index (χ1n) is 7.09. The first-order valence-corrected chi connectivity index (χ1v) is 7.97. The van der Waals surface area contributed by atoms with Crippen LogP contribution in [0.15, 0.2) is 11.4 Å². The molecule has 1 aliphatic carbocycles. The molecule has 0 bridgehead atoms. The zero-order valence-electron chi connectivity index (χ0n) is 11.5. The molecule has 1 N–H and O–H groups in total. The van der Waals surface area contributed by atoms with Crippen molar-refractivity contribution in [3.05, 3.63) is 11.4 Å². The van der Waals surface area contributed by atoms with Gasteiger partial charge in [-0.05, 0) is 37.6 Å². The van der Waals surface area contributed by atoms with Gasteiger partial charge in [-0.1, -0.05) is 6.92 Å². The third kappa shape index (κ3) is 2.52. The minimum Gasteiger partial charge on any atom is -0.354 e. The lowest BCUT2D eigenvalue weighted by atomic mass is 10.3. The molecule has 0 unspecified atom stereocenters. The summed E-state index contributed by atoms with van der Waals surface area (Å²) in [6, 6.07) is 2.84. The first-order chi connectivity index (χ1) is 9.33. The molecule has 3 rings (SSSR count). The fraction of sp³-hybridized carbons (Fsp3) is 0.571. The number of fused-ring (bicyclic) bond motifs is 1.